The van der Waals surface area contributed by atoms with E-state index in [1.165, 1.54) is 0 Å². The van der Waals surface area contributed by atoms with Crippen LogP contribution in [0.25, 0.3) is 0 Å². The van der Waals surface area contributed by atoms with Gasteiger partial charge in [-0.25, -0.2) is 0 Å². The van der Waals surface area contributed by atoms with E-state index in [1.807, 2.05) is 13.0 Å². The smallest absolute Gasteiger partial charge is 0.133 e. The summed E-state index contributed by atoms with van der Waals surface area (Å²) in [5.41, 5.74) is 0.982. The van der Waals surface area contributed by atoms with Gasteiger partial charge in [0.2, 0.25) is 0 Å². The molecule has 1 saturated heterocycles. The van der Waals surface area contributed by atoms with E-state index in [4.69, 9.17) is 9.26 Å². The van der Waals surface area contributed by atoms with E-state index in [-0.39, 0.29) is 0 Å². The molecule has 17 heavy (non-hydrogen) atoms. The average Bonchev–Trinajstić information content (AvgIpc) is 2.73. The zero-order valence-electron chi connectivity index (χ0n) is 10.9. The molecule has 1 N–H and O–H groups in total. The lowest BCUT2D eigenvalue weighted by Crippen LogP contribution is -2.40. The van der Waals surface area contributed by atoms with Crippen LogP contribution in [0.1, 0.15) is 38.1 Å². The van der Waals surface area contributed by atoms with Crippen molar-refractivity contribution in [3.05, 3.63) is 17.5 Å². The molecule has 2 rings (SSSR count). The molecule has 0 bridgehead atoms. The summed E-state index contributed by atoms with van der Waals surface area (Å²) in [6, 6.07) is 2.51. The number of nitrogens with one attached hydrogen (secondary N) is 1. The molecular formula is C13H22N2O2. The minimum Gasteiger partial charge on any atom is -0.378 e. The molecule has 1 aliphatic heterocycles. The summed E-state index contributed by atoms with van der Waals surface area (Å²) in [6.07, 6.45) is 2.56. The zero-order chi connectivity index (χ0) is 12.3. The van der Waals surface area contributed by atoms with E-state index in [1.54, 1.807) is 0 Å². The number of ether oxygens (including phenoxy) is 1. The fourth-order valence-electron chi connectivity index (χ4n) is 2.23. The summed E-state index contributed by atoms with van der Waals surface area (Å²) in [5, 5.41) is 7.52. The van der Waals surface area contributed by atoms with Crippen molar-refractivity contribution in [2.75, 3.05) is 6.61 Å². The first kappa shape index (κ1) is 12.6. The van der Waals surface area contributed by atoms with Crippen molar-refractivity contribution < 1.29 is 9.26 Å². The molecule has 2 atom stereocenters. The highest BCUT2D eigenvalue weighted by Gasteiger charge is 2.24. The van der Waals surface area contributed by atoms with E-state index in [0.29, 0.717) is 18.1 Å². The minimum atomic E-state index is 0.389. The largest absolute Gasteiger partial charge is 0.378 e. The second-order valence-electron chi connectivity index (χ2n) is 5.18. The third kappa shape index (κ3) is 3.54. The first-order chi connectivity index (χ1) is 8.15. The lowest BCUT2D eigenvalue weighted by atomic mass is 9.95. The Bertz CT molecular complexity index is 349. The molecule has 0 aromatic carbocycles. The maximum absolute atomic E-state index is 5.75. The lowest BCUT2D eigenvalue weighted by molar-refractivity contribution is -0.0246. The molecule has 1 aliphatic rings. The van der Waals surface area contributed by atoms with Gasteiger partial charge in [0.25, 0.3) is 0 Å². The van der Waals surface area contributed by atoms with Gasteiger partial charge in [-0.1, -0.05) is 19.0 Å². The molecule has 0 spiro atoms. The van der Waals surface area contributed by atoms with Gasteiger partial charge in [0.1, 0.15) is 5.76 Å². The predicted octanol–water partition coefficient (Wildman–Crippen LogP) is 2.28. The Morgan fingerprint density at radius 2 is 2.35 bits per heavy atom. The zero-order valence-corrected chi connectivity index (χ0v) is 10.9. The molecule has 0 saturated carbocycles. The molecule has 2 unspecified atom stereocenters. The molecule has 1 aromatic rings. The van der Waals surface area contributed by atoms with Gasteiger partial charge >= 0.3 is 0 Å². The van der Waals surface area contributed by atoms with E-state index >= 15 is 0 Å². The summed E-state index contributed by atoms with van der Waals surface area (Å²) in [5.74, 6) is 1.46. The molecule has 0 aliphatic carbocycles. The Morgan fingerprint density at radius 3 is 3.00 bits per heavy atom. The van der Waals surface area contributed by atoms with Crippen molar-refractivity contribution in [1.29, 1.82) is 0 Å². The number of aromatic nitrogens is 1. The third-order valence-electron chi connectivity index (χ3n) is 3.31. The quantitative estimate of drug-likeness (QED) is 0.874. The van der Waals surface area contributed by atoms with Crippen LogP contribution >= 0.6 is 0 Å². The van der Waals surface area contributed by atoms with Crippen molar-refractivity contribution in [1.82, 2.24) is 10.5 Å². The Balaban J connectivity index is 1.79. The van der Waals surface area contributed by atoms with Crippen LogP contribution in [0.4, 0.5) is 0 Å². The molecule has 4 heteroatoms. The van der Waals surface area contributed by atoms with Gasteiger partial charge in [-0.2, -0.15) is 0 Å². The topological polar surface area (TPSA) is 47.3 Å². The monoisotopic (exact) mass is 238 g/mol. The fraction of sp³-hybridized carbons (Fsp3) is 0.769. The molecule has 0 radical (unpaired) electrons. The normalized spacial score (nSPS) is 25.4. The molecule has 4 nitrogen and oxygen atoms in total. The van der Waals surface area contributed by atoms with Gasteiger partial charge in [0.15, 0.2) is 0 Å². The van der Waals surface area contributed by atoms with Crippen LogP contribution in [0.3, 0.4) is 0 Å². The van der Waals surface area contributed by atoms with Crippen LogP contribution in [0, 0.1) is 12.8 Å². The Labute approximate surface area is 103 Å². The Kier molecular flexibility index (Phi) is 4.18. The minimum absolute atomic E-state index is 0.389. The van der Waals surface area contributed by atoms with Gasteiger partial charge in [0, 0.05) is 25.3 Å². The van der Waals surface area contributed by atoms with Crippen molar-refractivity contribution >= 4 is 0 Å². The van der Waals surface area contributed by atoms with Crippen LogP contribution in [-0.4, -0.2) is 23.9 Å². The number of rotatable bonds is 4. The highest BCUT2D eigenvalue weighted by molar-refractivity contribution is 5.03. The van der Waals surface area contributed by atoms with Crippen LogP contribution in [-0.2, 0) is 11.3 Å². The van der Waals surface area contributed by atoms with Crippen molar-refractivity contribution in [2.24, 2.45) is 5.92 Å². The van der Waals surface area contributed by atoms with Crippen LogP contribution < -0.4 is 5.32 Å². The molecule has 0 amide bonds. The average molecular weight is 238 g/mol. The van der Waals surface area contributed by atoms with Crippen LogP contribution in [0.2, 0.25) is 0 Å². The van der Waals surface area contributed by atoms with Gasteiger partial charge in [-0.05, 0) is 25.7 Å². The van der Waals surface area contributed by atoms with Crippen LogP contribution in [0.5, 0.6) is 0 Å². The highest BCUT2D eigenvalue weighted by atomic mass is 16.5. The summed E-state index contributed by atoms with van der Waals surface area (Å²) < 4.78 is 10.8. The van der Waals surface area contributed by atoms with Crippen molar-refractivity contribution in [2.45, 2.75) is 52.3 Å². The molecular weight excluding hydrogens is 216 g/mol. The molecule has 2 heterocycles. The number of aryl methyl sites for hydroxylation is 1. The van der Waals surface area contributed by atoms with Gasteiger partial charge < -0.3 is 14.6 Å². The standard InChI is InChI=1S/C13H22N2O2/c1-9(2)13-7-11(4-5-16-13)14-8-12-6-10(3)17-15-12/h6,9,11,13-14H,4-5,7-8H2,1-3H3. The van der Waals surface area contributed by atoms with Crippen LogP contribution in [0.15, 0.2) is 10.6 Å². The van der Waals surface area contributed by atoms with Crippen molar-refractivity contribution in [3.8, 4) is 0 Å². The number of hydrogen-bond donors (Lipinski definition) is 1. The summed E-state index contributed by atoms with van der Waals surface area (Å²) >= 11 is 0. The lowest BCUT2D eigenvalue weighted by Gasteiger charge is -2.32. The fourth-order valence-corrected chi connectivity index (χ4v) is 2.23. The third-order valence-corrected chi connectivity index (χ3v) is 3.31. The molecule has 96 valence electrons. The summed E-state index contributed by atoms with van der Waals surface area (Å²) in [7, 11) is 0. The second kappa shape index (κ2) is 5.65. The Morgan fingerprint density at radius 1 is 1.53 bits per heavy atom. The molecule has 1 aromatic heterocycles. The predicted molar refractivity (Wildman–Crippen MR) is 65.7 cm³/mol. The SMILES string of the molecule is Cc1cc(CNC2CCOC(C(C)C)C2)no1. The maximum Gasteiger partial charge on any atom is 0.133 e. The van der Waals surface area contributed by atoms with E-state index in [9.17, 15) is 0 Å². The highest BCUT2D eigenvalue weighted by Crippen LogP contribution is 2.20. The summed E-state index contributed by atoms with van der Waals surface area (Å²) in [6.45, 7) is 7.99. The van der Waals surface area contributed by atoms with Gasteiger partial charge in [0.05, 0.1) is 11.8 Å². The molecule has 1 fully saturated rings. The number of hydrogen-bond acceptors (Lipinski definition) is 4. The van der Waals surface area contributed by atoms with E-state index < -0.39 is 0 Å². The first-order valence-corrected chi connectivity index (χ1v) is 6.42. The van der Waals surface area contributed by atoms with Gasteiger partial charge in [-0.3, -0.25) is 0 Å². The van der Waals surface area contributed by atoms with E-state index in [0.717, 1.165) is 37.4 Å². The number of nitrogens with zero attached hydrogens (tertiary/aromatic N) is 1. The Hall–Kier alpha value is -0.870. The van der Waals surface area contributed by atoms with E-state index in [2.05, 4.69) is 24.3 Å². The maximum atomic E-state index is 5.75. The van der Waals surface area contributed by atoms with Gasteiger partial charge in [-0.15, -0.1) is 0 Å². The summed E-state index contributed by atoms with van der Waals surface area (Å²) in [4.78, 5) is 0. The van der Waals surface area contributed by atoms with Crippen molar-refractivity contribution in [3.63, 3.8) is 0 Å². The second-order valence-corrected chi connectivity index (χ2v) is 5.18. The first-order valence-electron chi connectivity index (χ1n) is 6.42.